The average Bonchev–Trinajstić information content (AvgIpc) is 3.64. The quantitative estimate of drug-likeness (QED) is 0.181. The first-order chi connectivity index (χ1) is 30.8. The van der Waals surface area contributed by atoms with Gasteiger partial charge in [0.1, 0.15) is 11.6 Å². The average molecular weight is 852 g/mol. The number of rotatable bonds is 6. The lowest BCUT2D eigenvalue weighted by Crippen LogP contribution is -2.17. The fourth-order valence-corrected chi connectivity index (χ4v) is 9.66. The zero-order chi connectivity index (χ0) is 46.2. The van der Waals surface area contributed by atoms with Crippen LogP contribution in [-0.2, 0) is 16.2 Å². The molecule has 7 aromatic carbocycles. The van der Waals surface area contributed by atoms with E-state index in [-0.39, 0.29) is 22.0 Å². The van der Waals surface area contributed by atoms with E-state index in [1.54, 1.807) is 0 Å². The number of pyridine rings is 1. The Balaban J connectivity index is 1.43. The van der Waals surface area contributed by atoms with Gasteiger partial charge in [0.25, 0.3) is 0 Å². The zero-order valence-electron chi connectivity index (χ0n) is 40.1. The third-order valence-electron chi connectivity index (χ3n) is 13.1. The van der Waals surface area contributed by atoms with Gasteiger partial charge in [0.15, 0.2) is 0 Å². The van der Waals surface area contributed by atoms with Crippen LogP contribution in [0.4, 0.5) is 0 Å². The molecule has 0 atom stereocenters. The summed E-state index contributed by atoms with van der Waals surface area (Å²) in [7, 11) is 0. The van der Waals surface area contributed by atoms with Crippen molar-refractivity contribution in [3.05, 3.63) is 179 Å². The van der Waals surface area contributed by atoms with Crippen molar-refractivity contribution < 1.29 is 5.11 Å². The molecule has 4 heteroatoms. The van der Waals surface area contributed by atoms with Gasteiger partial charge in [0.05, 0.1) is 28.0 Å². The highest BCUT2D eigenvalue weighted by molar-refractivity contribution is 6.03. The summed E-state index contributed by atoms with van der Waals surface area (Å²) in [6, 6.07) is 50.4. The highest BCUT2D eigenvalue weighted by atomic mass is 16.3. The number of aryl methyl sites for hydroxylation is 3. The van der Waals surface area contributed by atoms with Crippen LogP contribution in [0.3, 0.4) is 0 Å². The molecular formula is C61H61N3O. The Hall–Kier alpha value is -6.78. The summed E-state index contributed by atoms with van der Waals surface area (Å²) in [6.45, 7) is 26.6. The molecule has 0 unspecified atom stereocenters. The second kappa shape index (κ2) is 16.0. The summed E-state index contributed by atoms with van der Waals surface area (Å²) < 4.78 is 2.32. The van der Waals surface area contributed by atoms with E-state index in [0.717, 1.165) is 77.7 Å². The van der Waals surface area contributed by atoms with E-state index in [1.165, 1.54) is 27.8 Å². The van der Waals surface area contributed by atoms with E-state index >= 15 is 0 Å². The molecule has 0 aliphatic heterocycles. The largest absolute Gasteiger partial charge is 0.507 e. The van der Waals surface area contributed by atoms with Crippen molar-refractivity contribution >= 4 is 21.8 Å². The molecule has 326 valence electrons. The van der Waals surface area contributed by atoms with Gasteiger partial charge in [-0.3, -0.25) is 9.55 Å². The topological polar surface area (TPSA) is 50.9 Å². The lowest BCUT2D eigenvalue weighted by atomic mass is 9.79. The van der Waals surface area contributed by atoms with Crippen LogP contribution >= 0.6 is 0 Å². The van der Waals surface area contributed by atoms with Gasteiger partial charge in [-0.1, -0.05) is 165 Å². The number of hydrogen-bond acceptors (Lipinski definition) is 3. The van der Waals surface area contributed by atoms with Crippen LogP contribution in [0, 0.1) is 20.8 Å². The first-order valence-electron chi connectivity index (χ1n) is 23.0. The number of fused-ring (bicyclic) bond motifs is 2. The highest BCUT2D eigenvalue weighted by Gasteiger charge is 2.30. The van der Waals surface area contributed by atoms with Crippen LogP contribution in [0.25, 0.3) is 83.5 Å². The molecule has 9 rings (SSSR count). The number of hydrogen-bond donors (Lipinski definition) is 1. The van der Waals surface area contributed by atoms with Crippen molar-refractivity contribution in [3.63, 3.8) is 0 Å². The molecular weight excluding hydrogens is 791 g/mol. The Morgan fingerprint density at radius 2 is 1.17 bits per heavy atom. The molecule has 0 aliphatic carbocycles. The third-order valence-corrected chi connectivity index (χ3v) is 13.1. The van der Waals surface area contributed by atoms with Crippen LogP contribution in [-0.4, -0.2) is 19.6 Å². The maximum absolute atomic E-state index is 12.7. The Labute approximate surface area is 385 Å². The predicted molar refractivity (Wildman–Crippen MR) is 276 cm³/mol. The summed E-state index contributed by atoms with van der Waals surface area (Å²) >= 11 is 0. The second-order valence-corrected chi connectivity index (χ2v) is 21.2. The van der Waals surface area contributed by atoms with E-state index in [2.05, 4.69) is 227 Å². The Morgan fingerprint density at radius 1 is 0.508 bits per heavy atom. The van der Waals surface area contributed by atoms with E-state index in [9.17, 15) is 5.11 Å². The van der Waals surface area contributed by atoms with Crippen molar-refractivity contribution in [2.75, 3.05) is 0 Å². The molecule has 0 amide bonds. The molecule has 0 spiro atoms. The highest BCUT2D eigenvalue weighted by Crippen LogP contribution is 2.47. The molecule has 2 aromatic heterocycles. The fourth-order valence-electron chi connectivity index (χ4n) is 9.66. The summed E-state index contributed by atoms with van der Waals surface area (Å²) in [4.78, 5) is 10.8. The van der Waals surface area contributed by atoms with Crippen molar-refractivity contribution in [1.29, 1.82) is 0 Å². The predicted octanol–water partition coefficient (Wildman–Crippen LogP) is 16.4. The molecule has 9 aromatic rings. The Bertz CT molecular complexity index is 3270. The number of phenols is 1. The number of para-hydroxylation sites is 1. The SMILES string of the molecule is Cc1cc(C)c(-c2cc(-c3cc(C(C)(C)C)ccn3)cc(-c3cccc4c3nc(-c3cc(C(C)(C)C)cc(C(C)(C)C)c3O)n4-c3c(-c4ccccc4)ccc4ccccc34)c2)c(C)c1. The number of aromatic hydroxyl groups is 1. The smallest absolute Gasteiger partial charge is 0.149 e. The number of aromatic nitrogens is 3. The van der Waals surface area contributed by atoms with Crippen LogP contribution in [0.15, 0.2) is 146 Å². The molecule has 0 saturated heterocycles. The van der Waals surface area contributed by atoms with E-state index in [1.807, 2.05) is 6.20 Å². The van der Waals surface area contributed by atoms with E-state index in [0.29, 0.717) is 11.4 Å². The molecule has 1 N–H and O–H groups in total. The van der Waals surface area contributed by atoms with Gasteiger partial charge in [-0.05, 0) is 129 Å². The van der Waals surface area contributed by atoms with E-state index in [4.69, 9.17) is 9.97 Å². The van der Waals surface area contributed by atoms with Gasteiger partial charge >= 0.3 is 0 Å². The first kappa shape index (κ1) is 43.5. The minimum atomic E-state index is -0.335. The maximum atomic E-state index is 12.7. The standard InChI is InChI=1S/C61H61N3O/c1-37-29-38(2)54(39(3)30-37)44-32-42(31-43(33-44)52-36-45(27-28-62-52)59(4,5)6)47-23-18-24-53-55(47)63-58(50-34-46(60(7,8)9)35-51(57(50)65)61(10,11)12)64(53)56-48-22-17-16-21-41(48)25-26-49(56)40-19-14-13-15-20-40/h13-36,65H,1-12H3. The van der Waals surface area contributed by atoms with Crippen molar-refractivity contribution in [2.45, 2.75) is 99.3 Å². The monoisotopic (exact) mass is 851 g/mol. The Morgan fingerprint density at radius 3 is 1.86 bits per heavy atom. The third kappa shape index (κ3) is 8.05. The minimum absolute atomic E-state index is 0.0417. The fraction of sp³-hybridized carbons (Fsp3) is 0.246. The molecule has 65 heavy (non-hydrogen) atoms. The maximum Gasteiger partial charge on any atom is 0.149 e. The molecule has 2 heterocycles. The molecule has 0 saturated carbocycles. The van der Waals surface area contributed by atoms with Gasteiger partial charge in [-0.25, -0.2) is 4.98 Å². The molecule has 0 bridgehead atoms. The van der Waals surface area contributed by atoms with Crippen LogP contribution in [0.1, 0.15) is 95.7 Å². The van der Waals surface area contributed by atoms with Gasteiger partial charge in [-0.2, -0.15) is 0 Å². The summed E-state index contributed by atoms with van der Waals surface area (Å²) in [5.74, 6) is 0.945. The van der Waals surface area contributed by atoms with Crippen LogP contribution in [0.5, 0.6) is 5.75 Å². The molecule has 0 fully saturated rings. The van der Waals surface area contributed by atoms with Gasteiger partial charge in [-0.15, -0.1) is 0 Å². The van der Waals surface area contributed by atoms with Gasteiger partial charge in [0.2, 0.25) is 0 Å². The minimum Gasteiger partial charge on any atom is -0.507 e. The summed E-state index contributed by atoms with van der Waals surface area (Å²) in [5, 5.41) is 14.9. The van der Waals surface area contributed by atoms with Crippen molar-refractivity contribution in [2.24, 2.45) is 0 Å². The Kier molecular flexibility index (Phi) is 10.7. The lowest BCUT2D eigenvalue weighted by molar-refractivity contribution is 0.446. The molecule has 4 nitrogen and oxygen atoms in total. The summed E-state index contributed by atoms with van der Waals surface area (Å²) in [6.07, 6.45) is 1.94. The number of phenolic OH excluding ortho intramolecular Hbond substituents is 1. The second-order valence-electron chi connectivity index (χ2n) is 21.2. The van der Waals surface area contributed by atoms with Crippen LogP contribution in [0.2, 0.25) is 0 Å². The summed E-state index contributed by atoms with van der Waals surface area (Å²) in [5.41, 5.74) is 18.5. The van der Waals surface area contributed by atoms with Crippen molar-refractivity contribution in [3.8, 4) is 67.5 Å². The van der Waals surface area contributed by atoms with E-state index < -0.39 is 0 Å². The van der Waals surface area contributed by atoms with Gasteiger partial charge < -0.3 is 5.11 Å². The molecule has 0 radical (unpaired) electrons. The number of nitrogens with zero attached hydrogens (tertiary/aromatic N) is 3. The molecule has 0 aliphatic rings. The van der Waals surface area contributed by atoms with Gasteiger partial charge in [0, 0.05) is 33.8 Å². The first-order valence-corrected chi connectivity index (χ1v) is 23.0. The number of imidazole rings is 1. The van der Waals surface area contributed by atoms with Crippen molar-refractivity contribution in [1.82, 2.24) is 14.5 Å². The van der Waals surface area contributed by atoms with Crippen LogP contribution < -0.4 is 0 Å². The zero-order valence-corrected chi connectivity index (χ0v) is 40.1. The normalized spacial score (nSPS) is 12.4. The lowest BCUT2D eigenvalue weighted by Gasteiger charge is -2.28. The number of benzene rings is 7.